The predicted molar refractivity (Wildman–Crippen MR) is 75.6 cm³/mol. The summed E-state index contributed by atoms with van der Waals surface area (Å²) in [5.74, 6) is 0.0424. The summed E-state index contributed by atoms with van der Waals surface area (Å²) in [6, 6.07) is 0. The van der Waals surface area contributed by atoms with Gasteiger partial charge in [-0.1, -0.05) is 12.1 Å². The minimum absolute atomic E-state index is 0.0124. The Morgan fingerprint density at radius 2 is 2.15 bits per heavy atom. The number of aromatic nitrogens is 1. The Hall–Kier alpha value is -1.07. The molecule has 112 valence electrons. The number of nitrogens with zero attached hydrogens (tertiary/aromatic N) is 2. The Labute approximate surface area is 123 Å². The molecule has 6 heteroatoms. The first-order chi connectivity index (χ1) is 9.51. The molecule has 1 aliphatic heterocycles. The third-order valence-electron chi connectivity index (χ3n) is 4.53. The van der Waals surface area contributed by atoms with E-state index in [0.717, 1.165) is 19.3 Å². The van der Waals surface area contributed by atoms with Crippen LogP contribution < -0.4 is 0 Å². The second kappa shape index (κ2) is 6.14. The molecule has 1 N–H and O–H groups in total. The number of piperidine rings is 1. The molecule has 0 radical (unpaired) electrons. The van der Waals surface area contributed by atoms with E-state index in [1.807, 2.05) is 4.90 Å². The lowest BCUT2D eigenvalue weighted by Gasteiger charge is -2.40. The van der Waals surface area contributed by atoms with Crippen molar-refractivity contribution in [2.24, 2.45) is 5.41 Å². The van der Waals surface area contributed by atoms with E-state index in [4.69, 9.17) is 16.1 Å². The van der Waals surface area contributed by atoms with E-state index in [-0.39, 0.29) is 29.6 Å². The van der Waals surface area contributed by atoms with Gasteiger partial charge in [0.05, 0.1) is 12.1 Å². The molecule has 0 unspecified atom stereocenters. The molecule has 20 heavy (non-hydrogen) atoms. The number of aryl methyl sites for hydroxylation is 1. The molecule has 1 saturated heterocycles. The summed E-state index contributed by atoms with van der Waals surface area (Å²) < 4.78 is 4.86. The van der Waals surface area contributed by atoms with Crippen molar-refractivity contribution in [3.8, 4) is 0 Å². The number of hydrogen-bond donors (Lipinski definition) is 1. The topological polar surface area (TPSA) is 66.6 Å². The Balaban J connectivity index is 1.96. The average Bonchev–Trinajstić information content (AvgIpc) is 2.79. The lowest BCUT2D eigenvalue weighted by atomic mass is 9.77. The molecule has 2 heterocycles. The number of halogens is 1. The second-order valence-electron chi connectivity index (χ2n) is 5.59. The van der Waals surface area contributed by atoms with Crippen molar-refractivity contribution in [1.29, 1.82) is 0 Å². The van der Waals surface area contributed by atoms with Gasteiger partial charge in [0.2, 0.25) is 11.1 Å². The molecule has 1 amide bonds. The second-order valence-corrected chi connectivity index (χ2v) is 5.93. The van der Waals surface area contributed by atoms with Gasteiger partial charge in [-0.15, -0.1) is 0 Å². The number of aliphatic hydroxyl groups excluding tert-OH is 1. The van der Waals surface area contributed by atoms with Crippen molar-refractivity contribution in [3.63, 3.8) is 0 Å². The average molecular weight is 301 g/mol. The van der Waals surface area contributed by atoms with E-state index in [0.29, 0.717) is 24.3 Å². The van der Waals surface area contributed by atoms with Gasteiger partial charge in [-0.25, -0.2) is 0 Å². The Morgan fingerprint density at radius 1 is 1.50 bits per heavy atom. The van der Waals surface area contributed by atoms with E-state index in [9.17, 15) is 9.90 Å². The first-order valence-corrected chi connectivity index (χ1v) is 7.38. The van der Waals surface area contributed by atoms with E-state index >= 15 is 0 Å². The molecule has 1 aromatic rings. The van der Waals surface area contributed by atoms with Crippen LogP contribution in [-0.4, -0.2) is 40.8 Å². The number of amides is 1. The zero-order valence-corrected chi connectivity index (χ0v) is 12.7. The largest absolute Gasteiger partial charge is 0.396 e. The Bertz CT molecular complexity index is 453. The monoisotopic (exact) mass is 300 g/mol. The van der Waals surface area contributed by atoms with Gasteiger partial charge in [0.15, 0.2) is 0 Å². The van der Waals surface area contributed by atoms with Crippen LogP contribution >= 0.6 is 11.6 Å². The summed E-state index contributed by atoms with van der Waals surface area (Å²) >= 11 is 5.89. The van der Waals surface area contributed by atoms with Crippen molar-refractivity contribution in [2.45, 2.75) is 39.5 Å². The van der Waals surface area contributed by atoms with Crippen LogP contribution in [0.4, 0.5) is 0 Å². The molecule has 0 aliphatic carbocycles. The number of hydrogen-bond acceptors (Lipinski definition) is 4. The molecule has 0 aromatic carbocycles. The van der Waals surface area contributed by atoms with Gasteiger partial charge in [0.25, 0.3) is 0 Å². The van der Waals surface area contributed by atoms with Crippen LogP contribution in [0.25, 0.3) is 0 Å². The molecule has 5 nitrogen and oxygen atoms in total. The number of carbonyl (C=O) groups is 1. The maximum Gasteiger partial charge on any atom is 0.229 e. The van der Waals surface area contributed by atoms with E-state index in [2.05, 4.69) is 12.1 Å². The first kappa shape index (κ1) is 15.3. The van der Waals surface area contributed by atoms with E-state index in [1.165, 1.54) is 0 Å². The van der Waals surface area contributed by atoms with Crippen molar-refractivity contribution in [2.75, 3.05) is 19.7 Å². The maximum absolute atomic E-state index is 12.3. The van der Waals surface area contributed by atoms with Crippen LogP contribution in [0.2, 0.25) is 5.22 Å². The molecular weight excluding hydrogens is 280 g/mol. The molecular formula is C14H21ClN2O3. The summed E-state index contributed by atoms with van der Waals surface area (Å²) in [6.07, 6.45) is 2.87. The number of carbonyl (C=O) groups excluding carboxylic acids is 1. The molecule has 0 saturated carbocycles. The molecule has 1 aliphatic rings. The number of likely N-dealkylation sites (tertiary alicyclic amines) is 1. The summed E-state index contributed by atoms with van der Waals surface area (Å²) in [5, 5.41) is 13.5. The van der Waals surface area contributed by atoms with Crippen molar-refractivity contribution in [1.82, 2.24) is 10.1 Å². The van der Waals surface area contributed by atoms with Crippen LogP contribution in [0.15, 0.2) is 4.52 Å². The Morgan fingerprint density at radius 3 is 2.60 bits per heavy atom. The van der Waals surface area contributed by atoms with Crippen molar-refractivity contribution in [3.05, 3.63) is 16.5 Å². The fourth-order valence-electron chi connectivity index (χ4n) is 2.68. The minimum atomic E-state index is -0.0124. The lowest BCUT2D eigenvalue weighted by molar-refractivity contribution is -0.133. The highest BCUT2D eigenvalue weighted by molar-refractivity contribution is 6.29. The predicted octanol–water partition coefficient (Wildman–Crippen LogP) is 2.19. The summed E-state index contributed by atoms with van der Waals surface area (Å²) in [4.78, 5) is 14.1. The zero-order valence-electron chi connectivity index (χ0n) is 12.0. The van der Waals surface area contributed by atoms with Gasteiger partial charge < -0.3 is 14.5 Å². The van der Waals surface area contributed by atoms with E-state index in [1.54, 1.807) is 6.92 Å². The van der Waals surface area contributed by atoms with Crippen molar-refractivity contribution >= 4 is 17.5 Å². The summed E-state index contributed by atoms with van der Waals surface area (Å²) in [5.41, 5.74) is 1.33. The molecule has 1 aromatic heterocycles. The van der Waals surface area contributed by atoms with Gasteiger partial charge in [-0.2, -0.15) is 0 Å². The molecule has 0 spiro atoms. The lowest BCUT2D eigenvalue weighted by Crippen LogP contribution is -2.45. The number of rotatable bonds is 4. The fraction of sp³-hybridized carbons (Fsp3) is 0.714. The smallest absolute Gasteiger partial charge is 0.229 e. The van der Waals surface area contributed by atoms with Gasteiger partial charge in [0, 0.05) is 25.3 Å². The van der Waals surface area contributed by atoms with Gasteiger partial charge in [0.1, 0.15) is 0 Å². The normalized spacial score (nSPS) is 18.3. The highest BCUT2D eigenvalue weighted by atomic mass is 35.5. The van der Waals surface area contributed by atoms with E-state index < -0.39 is 0 Å². The minimum Gasteiger partial charge on any atom is -0.396 e. The zero-order chi connectivity index (χ0) is 14.8. The van der Waals surface area contributed by atoms with Crippen LogP contribution in [-0.2, 0) is 11.2 Å². The quantitative estimate of drug-likeness (QED) is 0.925. The van der Waals surface area contributed by atoms with Crippen molar-refractivity contribution < 1.29 is 14.4 Å². The highest BCUT2D eigenvalue weighted by Gasteiger charge is 2.34. The van der Waals surface area contributed by atoms with Crippen LogP contribution in [0.5, 0.6) is 0 Å². The number of aliphatic hydroxyl groups is 1. The first-order valence-electron chi connectivity index (χ1n) is 7.00. The maximum atomic E-state index is 12.3. The third-order valence-corrected chi connectivity index (χ3v) is 4.82. The van der Waals surface area contributed by atoms with Crippen LogP contribution in [0.1, 0.15) is 37.4 Å². The van der Waals surface area contributed by atoms with Crippen LogP contribution in [0.3, 0.4) is 0 Å². The third kappa shape index (κ3) is 2.99. The van der Waals surface area contributed by atoms with Gasteiger partial charge in [-0.3, -0.25) is 4.79 Å². The SMILES string of the molecule is CCC1(CO)CCN(C(=O)Cc2c(C)noc2Cl)CC1. The summed E-state index contributed by atoms with van der Waals surface area (Å²) in [6.45, 7) is 5.45. The fourth-order valence-corrected chi connectivity index (χ4v) is 2.91. The summed E-state index contributed by atoms with van der Waals surface area (Å²) in [7, 11) is 0. The Kier molecular flexibility index (Phi) is 4.70. The van der Waals surface area contributed by atoms with Crippen LogP contribution in [0, 0.1) is 12.3 Å². The molecule has 0 atom stereocenters. The van der Waals surface area contributed by atoms with Gasteiger partial charge in [-0.05, 0) is 43.2 Å². The highest BCUT2D eigenvalue weighted by Crippen LogP contribution is 2.34. The van der Waals surface area contributed by atoms with Gasteiger partial charge >= 0.3 is 0 Å². The molecule has 1 fully saturated rings. The standard InChI is InChI=1S/C14H21ClN2O3/c1-3-14(9-18)4-6-17(7-5-14)12(19)8-11-10(2)16-20-13(11)15/h18H,3-9H2,1-2H3. The molecule has 2 rings (SSSR count). The molecule has 0 bridgehead atoms.